The van der Waals surface area contributed by atoms with Crippen molar-refractivity contribution in [3.05, 3.63) is 69.6 Å². The van der Waals surface area contributed by atoms with Gasteiger partial charge in [-0.15, -0.1) is 11.3 Å². The van der Waals surface area contributed by atoms with Gasteiger partial charge in [0.05, 0.1) is 11.6 Å². The standard InChI is InChI=1S/C17H14ClNO2S/c1-19(11-12-5-4-10-22-12)17(20)16-9-8-15(21-16)13-6-2-3-7-14(13)18/h2-10H,11H2,1H3. The molecule has 0 aliphatic rings. The summed E-state index contributed by atoms with van der Waals surface area (Å²) in [5.74, 6) is 0.763. The van der Waals surface area contributed by atoms with Gasteiger partial charge in [-0.05, 0) is 35.7 Å². The van der Waals surface area contributed by atoms with Crippen molar-refractivity contribution >= 4 is 28.8 Å². The number of amides is 1. The molecule has 0 fully saturated rings. The lowest BCUT2D eigenvalue weighted by atomic mass is 10.2. The number of rotatable bonds is 4. The molecule has 0 aliphatic carbocycles. The number of nitrogens with zero attached hydrogens (tertiary/aromatic N) is 1. The molecule has 1 aromatic carbocycles. The highest BCUT2D eigenvalue weighted by molar-refractivity contribution is 7.09. The fourth-order valence-electron chi connectivity index (χ4n) is 2.15. The normalized spacial score (nSPS) is 10.6. The highest BCUT2D eigenvalue weighted by atomic mass is 35.5. The predicted molar refractivity (Wildman–Crippen MR) is 89.3 cm³/mol. The van der Waals surface area contributed by atoms with Crippen LogP contribution in [0.5, 0.6) is 0 Å². The van der Waals surface area contributed by atoms with Crippen molar-refractivity contribution in [2.75, 3.05) is 7.05 Å². The number of halogens is 1. The maximum absolute atomic E-state index is 12.4. The van der Waals surface area contributed by atoms with Gasteiger partial charge in [0.1, 0.15) is 5.76 Å². The van der Waals surface area contributed by atoms with Gasteiger partial charge in [-0.2, -0.15) is 0 Å². The quantitative estimate of drug-likeness (QED) is 0.679. The predicted octanol–water partition coefficient (Wildman–Crippen LogP) is 4.93. The van der Waals surface area contributed by atoms with Gasteiger partial charge in [0.15, 0.2) is 5.76 Å². The molecule has 0 spiro atoms. The van der Waals surface area contributed by atoms with E-state index in [2.05, 4.69) is 0 Å². The summed E-state index contributed by atoms with van der Waals surface area (Å²) in [4.78, 5) is 15.2. The molecule has 22 heavy (non-hydrogen) atoms. The van der Waals surface area contributed by atoms with Gasteiger partial charge in [0, 0.05) is 17.5 Å². The van der Waals surface area contributed by atoms with Gasteiger partial charge in [-0.3, -0.25) is 4.79 Å². The first kappa shape index (κ1) is 14.9. The molecule has 0 atom stereocenters. The molecule has 1 amide bonds. The summed E-state index contributed by atoms with van der Waals surface area (Å²) < 4.78 is 5.68. The first-order valence-electron chi connectivity index (χ1n) is 6.78. The zero-order valence-corrected chi connectivity index (χ0v) is 13.5. The van der Waals surface area contributed by atoms with Crippen LogP contribution in [0.15, 0.2) is 58.3 Å². The lowest BCUT2D eigenvalue weighted by Gasteiger charge is -2.14. The van der Waals surface area contributed by atoms with Crippen LogP contribution in [0.3, 0.4) is 0 Å². The molecular weight excluding hydrogens is 318 g/mol. The number of hydrogen-bond acceptors (Lipinski definition) is 3. The van der Waals surface area contributed by atoms with Crippen LogP contribution in [-0.4, -0.2) is 17.9 Å². The van der Waals surface area contributed by atoms with Gasteiger partial charge >= 0.3 is 0 Å². The van der Waals surface area contributed by atoms with Crippen molar-refractivity contribution in [3.63, 3.8) is 0 Å². The summed E-state index contributed by atoms with van der Waals surface area (Å²) in [6.07, 6.45) is 0. The molecule has 2 heterocycles. The zero-order valence-electron chi connectivity index (χ0n) is 12.0. The maximum atomic E-state index is 12.4. The summed E-state index contributed by atoms with van der Waals surface area (Å²) in [7, 11) is 1.76. The third kappa shape index (κ3) is 3.08. The van der Waals surface area contributed by atoms with Crippen LogP contribution in [0, 0.1) is 0 Å². The Bertz CT molecular complexity index is 780. The second-order valence-corrected chi connectivity index (χ2v) is 6.32. The van der Waals surface area contributed by atoms with Gasteiger partial charge in [0.2, 0.25) is 0 Å². The van der Waals surface area contributed by atoms with Gasteiger partial charge in [0.25, 0.3) is 5.91 Å². The average Bonchev–Trinajstić information content (AvgIpc) is 3.18. The Kier molecular flexibility index (Phi) is 4.32. The molecule has 5 heteroatoms. The SMILES string of the molecule is CN(Cc1cccs1)C(=O)c1ccc(-c2ccccc2Cl)o1. The van der Waals surface area contributed by atoms with Crippen molar-refractivity contribution in [2.45, 2.75) is 6.54 Å². The van der Waals surface area contributed by atoms with Crippen molar-refractivity contribution in [3.8, 4) is 11.3 Å². The van der Waals surface area contributed by atoms with Crippen LogP contribution in [0.4, 0.5) is 0 Å². The van der Waals surface area contributed by atoms with E-state index >= 15 is 0 Å². The maximum Gasteiger partial charge on any atom is 0.289 e. The van der Waals surface area contributed by atoms with E-state index in [9.17, 15) is 4.79 Å². The van der Waals surface area contributed by atoms with Crippen molar-refractivity contribution in [1.29, 1.82) is 0 Å². The van der Waals surface area contributed by atoms with Crippen LogP contribution in [0.2, 0.25) is 5.02 Å². The van der Waals surface area contributed by atoms with Gasteiger partial charge in [-0.25, -0.2) is 0 Å². The molecule has 0 aliphatic heterocycles. The topological polar surface area (TPSA) is 33.5 Å². The van der Waals surface area contributed by atoms with E-state index in [0.717, 1.165) is 10.4 Å². The second-order valence-electron chi connectivity index (χ2n) is 4.88. The molecule has 3 aromatic rings. The summed E-state index contributed by atoms with van der Waals surface area (Å²) in [5, 5.41) is 2.60. The van der Waals surface area contributed by atoms with E-state index < -0.39 is 0 Å². The largest absolute Gasteiger partial charge is 0.451 e. The van der Waals surface area contributed by atoms with E-state index in [-0.39, 0.29) is 5.91 Å². The molecular formula is C17H14ClNO2S. The Hall–Kier alpha value is -2.04. The van der Waals surface area contributed by atoms with E-state index in [1.54, 1.807) is 41.5 Å². The molecule has 2 aromatic heterocycles. The lowest BCUT2D eigenvalue weighted by Crippen LogP contribution is -2.25. The summed E-state index contributed by atoms with van der Waals surface area (Å²) >= 11 is 7.78. The van der Waals surface area contributed by atoms with Crippen LogP contribution < -0.4 is 0 Å². The first-order valence-corrected chi connectivity index (χ1v) is 8.03. The monoisotopic (exact) mass is 331 g/mol. The molecule has 0 radical (unpaired) electrons. The number of thiophene rings is 1. The van der Waals surface area contributed by atoms with Crippen molar-refractivity contribution < 1.29 is 9.21 Å². The molecule has 0 saturated heterocycles. The Balaban J connectivity index is 1.78. The fraction of sp³-hybridized carbons (Fsp3) is 0.118. The molecule has 3 nitrogen and oxygen atoms in total. The summed E-state index contributed by atoms with van der Waals surface area (Å²) in [6, 6.07) is 14.8. The van der Waals surface area contributed by atoms with E-state index in [1.165, 1.54) is 0 Å². The van der Waals surface area contributed by atoms with Crippen LogP contribution in [0.1, 0.15) is 15.4 Å². The summed E-state index contributed by atoms with van der Waals surface area (Å²) in [6.45, 7) is 0.568. The van der Waals surface area contributed by atoms with Crippen molar-refractivity contribution in [1.82, 2.24) is 4.90 Å². The third-order valence-corrected chi connectivity index (χ3v) is 4.47. The molecule has 0 N–H and O–H groups in total. The second kappa shape index (κ2) is 6.38. The zero-order chi connectivity index (χ0) is 15.5. The number of furan rings is 1. The minimum absolute atomic E-state index is 0.147. The van der Waals surface area contributed by atoms with Crippen LogP contribution in [-0.2, 0) is 6.54 Å². The highest BCUT2D eigenvalue weighted by Crippen LogP contribution is 2.29. The minimum atomic E-state index is -0.147. The van der Waals surface area contributed by atoms with Crippen LogP contribution >= 0.6 is 22.9 Å². The number of carbonyl (C=O) groups is 1. The molecule has 112 valence electrons. The third-order valence-electron chi connectivity index (χ3n) is 3.28. The number of hydrogen-bond donors (Lipinski definition) is 0. The molecule has 0 bridgehead atoms. The van der Waals surface area contributed by atoms with E-state index in [1.807, 2.05) is 35.7 Å². The highest BCUT2D eigenvalue weighted by Gasteiger charge is 2.17. The Morgan fingerprint density at radius 3 is 2.73 bits per heavy atom. The summed E-state index contributed by atoms with van der Waals surface area (Å²) in [5.41, 5.74) is 0.782. The lowest BCUT2D eigenvalue weighted by molar-refractivity contribution is 0.0756. The molecule has 3 rings (SSSR count). The smallest absolute Gasteiger partial charge is 0.289 e. The van der Waals surface area contributed by atoms with Crippen molar-refractivity contribution in [2.24, 2.45) is 0 Å². The van der Waals surface area contributed by atoms with E-state index in [0.29, 0.717) is 23.1 Å². The van der Waals surface area contributed by atoms with E-state index in [4.69, 9.17) is 16.0 Å². The molecule has 0 saturated carbocycles. The number of carbonyl (C=O) groups excluding carboxylic acids is 1. The van der Waals surface area contributed by atoms with Crippen LogP contribution in [0.25, 0.3) is 11.3 Å². The first-order chi connectivity index (χ1) is 10.6. The average molecular weight is 332 g/mol. The minimum Gasteiger partial charge on any atom is -0.451 e. The Morgan fingerprint density at radius 2 is 2.00 bits per heavy atom. The van der Waals surface area contributed by atoms with Gasteiger partial charge < -0.3 is 9.32 Å². The number of benzene rings is 1. The Morgan fingerprint density at radius 1 is 1.18 bits per heavy atom. The Labute approximate surface area is 137 Å². The fourth-order valence-corrected chi connectivity index (χ4v) is 3.14. The molecule has 0 unspecified atom stereocenters. The van der Waals surface area contributed by atoms with Gasteiger partial charge in [-0.1, -0.05) is 29.8 Å².